The Morgan fingerprint density at radius 2 is 1.61 bits per heavy atom. The first-order valence-corrected chi connectivity index (χ1v) is 12.7. The second-order valence-electron chi connectivity index (χ2n) is 9.12. The largest absolute Gasteiger partial charge is 0.351 e. The molecule has 0 bridgehead atoms. The van der Waals surface area contributed by atoms with Crippen LogP contribution < -0.4 is 10.2 Å². The average Bonchev–Trinajstić information content (AvgIpc) is 2.93. The lowest BCUT2D eigenvalue weighted by Crippen LogP contribution is -2.23. The molecular weight excluding hydrogens is 506 g/mol. The SMILES string of the molecule is CCC(F)(F)c1ccc(CC(=O)Nc2ccc(-c3nccnc3N(C)C(C)c3ccc(Cl)cc3)cc2)cc1. The molecule has 0 fully saturated rings. The lowest BCUT2D eigenvalue weighted by atomic mass is 10.0. The Labute approximate surface area is 226 Å². The Morgan fingerprint density at radius 3 is 2.24 bits per heavy atom. The van der Waals surface area contributed by atoms with Gasteiger partial charge in [-0.05, 0) is 42.3 Å². The minimum atomic E-state index is -2.87. The van der Waals surface area contributed by atoms with Crippen LogP contribution in [0, 0.1) is 0 Å². The number of nitrogens with one attached hydrogen (secondary N) is 1. The Kier molecular flexibility index (Phi) is 8.37. The van der Waals surface area contributed by atoms with Crippen LogP contribution in [0.3, 0.4) is 0 Å². The van der Waals surface area contributed by atoms with E-state index < -0.39 is 5.92 Å². The molecule has 0 spiro atoms. The van der Waals surface area contributed by atoms with Gasteiger partial charge < -0.3 is 10.2 Å². The van der Waals surface area contributed by atoms with Crippen molar-refractivity contribution in [2.75, 3.05) is 17.3 Å². The number of anilines is 2. The molecule has 1 unspecified atom stereocenters. The number of hydrogen-bond acceptors (Lipinski definition) is 4. The fraction of sp³-hybridized carbons (Fsp3) is 0.233. The number of nitrogens with zero attached hydrogens (tertiary/aromatic N) is 3. The summed E-state index contributed by atoms with van der Waals surface area (Å²) in [7, 11) is 1.97. The molecule has 0 aliphatic carbocycles. The van der Waals surface area contributed by atoms with E-state index in [2.05, 4.69) is 27.1 Å². The molecule has 0 aliphatic rings. The molecule has 38 heavy (non-hydrogen) atoms. The van der Waals surface area contributed by atoms with E-state index in [-0.39, 0.29) is 30.4 Å². The number of benzene rings is 3. The molecule has 0 saturated carbocycles. The molecule has 1 N–H and O–H groups in total. The van der Waals surface area contributed by atoms with Crippen LogP contribution in [0.1, 0.15) is 43.0 Å². The highest BCUT2D eigenvalue weighted by Crippen LogP contribution is 2.33. The van der Waals surface area contributed by atoms with Crippen molar-refractivity contribution in [2.24, 2.45) is 0 Å². The number of aromatic nitrogens is 2. The number of carbonyl (C=O) groups is 1. The van der Waals surface area contributed by atoms with E-state index in [1.807, 2.05) is 43.4 Å². The van der Waals surface area contributed by atoms with Crippen LogP contribution in [0.15, 0.2) is 85.2 Å². The van der Waals surface area contributed by atoms with Gasteiger partial charge in [0.05, 0.1) is 12.5 Å². The molecule has 5 nitrogen and oxygen atoms in total. The maximum absolute atomic E-state index is 13.8. The van der Waals surface area contributed by atoms with Crippen molar-refractivity contribution in [2.45, 2.75) is 38.7 Å². The molecule has 1 aromatic heterocycles. The third kappa shape index (κ3) is 6.34. The molecule has 4 rings (SSSR count). The van der Waals surface area contributed by atoms with Crippen LogP contribution in [-0.4, -0.2) is 22.9 Å². The predicted octanol–water partition coefficient (Wildman–Crippen LogP) is 7.68. The summed E-state index contributed by atoms with van der Waals surface area (Å²) in [5, 5.41) is 3.55. The second kappa shape index (κ2) is 11.7. The summed E-state index contributed by atoms with van der Waals surface area (Å²) in [6.07, 6.45) is 3.13. The quantitative estimate of drug-likeness (QED) is 0.239. The molecule has 3 aromatic carbocycles. The minimum Gasteiger partial charge on any atom is -0.351 e. The monoisotopic (exact) mass is 534 g/mol. The van der Waals surface area contributed by atoms with Crippen molar-refractivity contribution in [1.82, 2.24) is 9.97 Å². The number of amides is 1. The normalized spacial score (nSPS) is 12.2. The highest BCUT2D eigenvalue weighted by molar-refractivity contribution is 6.30. The summed E-state index contributed by atoms with van der Waals surface area (Å²) in [6.45, 7) is 3.53. The zero-order chi connectivity index (χ0) is 27.3. The van der Waals surface area contributed by atoms with E-state index >= 15 is 0 Å². The highest BCUT2D eigenvalue weighted by Gasteiger charge is 2.28. The first-order valence-electron chi connectivity index (χ1n) is 12.3. The van der Waals surface area contributed by atoms with E-state index in [0.717, 1.165) is 22.6 Å². The van der Waals surface area contributed by atoms with Gasteiger partial charge in [0.15, 0.2) is 5.82 Å². The summed E-state index contributed by atoms with van der Waals surface area (Å²) >= 11 is 6.04. The van der Waals surface area contributed by atoms with Crippen LogP contribution in [0.5, 0.6) is 0 Å². The summed E-state index contributed by atoms with van der Waals surface area (Å²) in [5.74, 6) is -2.37. The number of hydrogen-bond donors (Lipinski definition) is 1. The summed E-state index contributed by atoms with van der Waals surface area (Å²) in [4.78, 5) is 23.8. The summed E-state index contributed by atoms with van der Waals surface area (Å²) < 4.78 is 27.7. The van der Waals surface area contributed by atoms with E-state index in [1.165, 1.54) is 19.1 Å². The highest BCUT2D eigenvalue weighted by atomic mass is 35.5. The van der Waals surface area contributed by atoms with E-state index in [9.17, 15) is 13.6 Å². The van der Waals surface area contributed by atoms with Gasteiger partial charge in [0.25, 0.3) is 5.92 Å². The van der Waals surface area contributed by atoms with Gasteiger partial charge in [0.2, 0.25) is 5.91 Å². The van der Waals surface area contributed by atoms with Gasteiger partial charge in [-0.2, -0.15) is 0 Å². The van der Waals surface area contributed by atoms with Crippen molar-refractivity contribution >= 4 is 29.0 Å². The van der Waals surface area contributed by atoms with Crippen LogP contribution in [-0.2, 0) is 17.1 Å². The van der Waals surface area contributed by atoms with Gasteiger partial charge in [-0.3, -0.25) is 9.78 Å². The average molecular weight is 535 g/mol. The molecule has 8 heteroatoms. The molecule has 1 amide bonds. The van der Waals surface area contributed by atoms with Crippen molar-refractivity contribution < 1.29 is 13.6 Å². The van der Waals surface area contributed by atoms with Gasteiger partial charge in [0, 0.05) is 47.7 Å². The molecule has 0 radical (unpaired) electrons. The Morgan fingerprint density at radius 1 is 0.974 bits per heavy atom. The predicted molar refractivity (Wildman–Crippen MR) is 149 cm³/mol. The smallest absolute Gasteiger partial charge is 0.273 e. The van der Waals surface area contributed by atoms with Crippen LogP contribution in [0.25, 0.3) is 11.3 Å². The molecule has 1 heterocycles. The molecule has 0 aliphatic heterocycles. The van der Waals surface area contributed by atoms with Crippen LogP contribution >= 0.6 is 11.6 Å². The van der Waals surface area contributed by atoms with E-state index in [0.29, 0.717) is 16.3 Å². The molecule has 1 atom stereocenters. The maximum atomic E-state index is 13.8. The topological polar surface area (TPSA) is 58.1 Å². The Balaban J connectivity index is 1.44. The first-order chi connectivity index (χ1) is 18.2. The molecule has 0 saturated heterocycles. The number of rotatable bonds is 9. The second-order valence-corrected chi connectivity index (χ2v) is 9.56. The summed E-state index contributed by atoms with van der Waals surface area (Å²) in [6, 6.07) is 21.0. The van der Waals surface area contributed by atoms with Crippen LogP contribution in [0.4, 0.5) is 20.3 Å². The lowest BCUT2D eigenvalue weighted by Gasteiger charge is -2.27. The van der Waals surface area contributed by atoms with Gasteiger partial charge in [-0.25, -0.2) is 13.8 Å². The van der Waals surface area contributed by atoms with Gasteiger partial charge >= 0.3 is 0 Å². The van der Waals surface area contributed by atoms with Crippen molar-refractivity contribution in [1.29, 1.82) is 0 Å². The van der Waals surface area contributed by atoms with Crippen molar-refractivity contribution in [3.63, 3.8) is 0 Å². The zero-order valence-electron chi connectivity index (χ0n) is 21.5. The molecule has 4 aromatic rings. The molecule has 196 valence electrons. The number of alkyl halides is 2. The lowest BCUT2D eigenvalue weighted by molar-refractivity contribution is -0.115. The van der Waals surface area contributed by atoms with Crippen molar-refractivity contribution in [3.05, 3.63) is 107 Å². The fourth-order valence-electron chi connectivity index (χ4n) is 4.11. The molecular formula is C30H29ClF2N4O. The third-order valence-corrected chi connectivity index (χ3v) is 6.83. The number of halogens is 3. The Hall–Kier alpha value is -3.84. The minimum absolute atomic E-state index is 0.0311. The van der Waals surface area contributed by atoms with Gasteiger partial charge in [0.1, 0.15) is 5.69 Å². The van der Waals surface area contributed by atoms with Gasteiger partial charge in [-0.1, -0.05) is 67.1 Å². The first kappa shape index (κ1) is 27.2. The standard InChI is InChI=1S/C30H29ClF2N4O/c1-4-30(32,33)24-11-5-21(6-12-24)19-27(38)36-26-15-9-23(10-16-26)28-29(35-18-17-34-28)37(3)20(2)22-7-13-25(31)14-8-22/h5-18,20H,4,19H2,1-3H3,(H,36,38). The fourth-order valence-corrected chi connectivity index (χ4v) is 4.24. The van der Waals surface area contributed by atoms with Crippen LogP contribution in [0.2, 0.25) is 5.02 Å². The number of carbonyl (C=O) groups excluding carboxylic acids is 1. The third-order valence-electron chi connectivity index (χ3n) is 6.57. The maximum Gasteiger partial charge on any atom is 0.273 e. The van der Waals surface area contributed by atoms with Gasteiger partial charge in [-0.15, -0.1) is 0 Å². The van der Waals surface area contributed by atoms with E-state index in [4.69, 9.17) is 11.6 Å². The Bertz CT molecular complexity index is 1380. The van der Waals surface area contributed by atoms with E-state index in [1.54, 1.807) is 36.7 Å². The zero-order valence-corrected chi connectivity index (χ0v) is 22.2. The summed E-state index contributed by atoms with van der Waals surface area (Å²) in [5.41, 5.74) is 3.92. The van der Waals surface area contributed by atoms with Crippen molar-refractivity contribution in [3.8, 4) is 11.3 Å².